The SMILES string of the molecule is CCC(C)Sc1ccc(NC(=O)NCCc2coc(-c3ccc(F)cc3)n2)c(C)c1. The fourth-order valence-electron chi connectivity index (χ4n) is 2.78. The Morgan fingerprint density at radius 2 is 2.00 bits per heavy atom. The summed E-state index contributed by atoms with van der Waals surface area (Å²) in [7, 11) is 0. The molecule has 0 spiro atoms. The van der Waals surface area contributed by atoms with Gasteiger partial charge in [0.05, 0.1) is 5.69 Å². The molecule has 0 saturated carbocycles. The number of aromatic nitrogens is 1. The molecule has 0 saturated heterocycles. The van der Waals surface area contributed by atoms with Crippen molar-refractivity contribution in [2.75, 3.05) is 11.9 Å². The molecule has 0 radical (unpaired) electrons. The molecule has 1 aromatic heterocycles. The first-order chi connectivity index (χ1) is 14.4. The summed E-state index contributed by atoms with van der Waals surface area (Å²) in [6.07, 6.45) is 3.20. The van der Waals surface area contributed by atoms with Gasteiger partial charge in [0.25, 0.3) is 0 Å². The van der Waals surface area contributed by atoms with Gasteiger partial charge >= 0.3 is 6.03 Å². The number of benzene rings is 2. The van der Waals surface area contributed by atoms with Gasteiger partial charge < -0.3 is 15.1 Å². The summed E-state index contributed by atoms with van der Waals surface area (Å²) in [5.74, 6) is 0.125. The Morgan fingerprint density at radius 1 is 1.23 bits per heavy atom. The first-order valence-electron chi connectivity index (χ1n) is 9.97. The van der Waals surface area contributed by atoms with E-state index in [1.165, 1.54) is 17.0 Å². The molecule has 1 unspecified atom stereocenters. The molecule has 0 aliphatic rings. The minimum atomic E-state index is -0.306. The van der Waals surface area contributed by atoms with Gasteiger partial charge in [0.2, 0.25) is 5.89 Å². The van der Waals surface area contributed by atoms with E-state index in [2.05, 4.69) is 35.5 Å². The molecule has 2 aromatic carbocycles. The van der Waals surface area contributed by atoms with Gasteiger partial charge in [-0.3, -0.25) is 0 Å². The van der Waals surface area contributed by atoms with E-state index in [0.717, 1.165) is 23.4 Å². The lowest BCUT2D eigenvalue weighted by molar-refractivity contribution is 0.252. The number of thioether (sulfide) groups is 1. The van der Waals surface area contributed by atoms with Gasteiger partial charge in [-0.2, -0.15) is 0 Å². The molecular formula is C23H26FN3O2S. The van der Waals surface area contributed by atoms with Crippen LogP contribution in [0, 0.1) is 12.7 Å². The molecule has 1 atom stereocenters. The third-order valence-electron chi connectivity index (χ3n) is 4.67. The van der Waals surface area contributed by atoms with E-state index in [9.17, 15) is 9.18 Å². The van der Waals surface area contributed by atoms with Gasteiger partial charge in [-0.15, -0.1) is 11.8 Å². The number of nitrogens with zero attached hydrogens (tertiary/aromatic N) is 1. The van der Waals surface area contributed by atoms with Crippen molar-refractivity contribution in [1.29, 1.82) is 0 Å². The zero-order chi connectivity index (χ0) is 21.5. The fraction of sp³-hybridized carbons (Fsp3) is 0.304. The van der Waals surface area contributed by atoms with Gasteiger partial charge in [0.15, 0.2) is 0 Å². The van der Waals surface area contributed by atoms with Crippen molar-refractivity contribution < 1.29 is 13.6 Å². The summed E-state index contributed by atoms with van der Waals surface area (Å²) in [6.45, 7) is 6.79. The van der Waals surface area contributed by atoms with E-state index >= 15 is 0 Å². The van der Waals surface area contributed by atoms with Gasteiger partial charge in [-0.1, -0.05) is 13.8 Å². The summed E-state index contributed by atoms with van der Waals surface area (Å²) < 4.78 is 18.5. The van der Waals surface area contributed by atoms with Gasteiger partial charge in [0, 0.05) is 34.4 Å². The number of halogens is 1. The minimum absolute atomic E-state index is 0.261. The normalized spacial score (nSPS) is 11.9. The van der Waals surface area contributed by atoms with Crippen molar-refractivity contribution in [3.63, 3.8) is 0 Å². The molecule has 0 fully saturated rings. The molecule has 5 nitrogen and oxygen atoms in total. The van der Waals surface area contributed by atoms with E-state index in [1.54, 1.807) is 18.4 Å². The fourth-order valence-corrected chi connectivity index (χ4v) is 3.81. The van der Waals surface area contributed by atoms with E-state index in [1.807, 2.05) is 30.8 Å². The number of rotatable bonds is 8. The van der Waals surface area contributed by atoms with Crippen LogP contribution in [0.5, 0.6) is 0 Å². The second-order valence-electron chi connectivity index (χ2n) is 7.10. The highest BCUT2D eigenvalue weighted by molar-refractivity contribution is 7.99. The van der Waals surface area contributed by atoms with E-state index in [0.29, 0.717) is 29.7 Å². The molecular weight excluding hydrogens is 401 g/mol. The van der Waals surface area contributed by atoms with Crippen molar-refractivity contribution >= 4 is 23.5 Å². The van der Waals surface area contributed by atoms with E-state index in [-0.39, 0.29) is 11.8 Å². The second kappa shape index (κ2) is 10.3. The van der Waals surface area contributed by atoms with Crippen molar-refractivity contribution in [2.24, 2.45) is 0 Å². The number of oxazole rings is 1. The maximum atomic E-state index is 13.0. The van der Waals surface area contributed by atoms with Gasteiger partial charge in [-0.25, -0.2) is 14.2 Å². The molecule has 2 N–H and O–H groups in total. The van der Waals surface area contributed by atoms with Gasteiger partial charge in [0.1, 0.15) is 12.1 Å². The van der Waals surface area contributed by atoms with Crippen LogP contribution in [-0.2, 0) is 6.42 Å². The third-order valence-corrected chi connectivity index (χ3v) is 5.93. The number of nitrogens with one attached hydrogen (secondary N) is 2. The van der Waals surface area contributed by atoms with E-state index < -0.39 is 0 Å². The Kier molecular flexibility index (Phi) is 7.52. The van der Waals surface area contributed by atoms with Crippen LogP contribution in [0.4, 0.5) is 14.9 Å². The molecule has 0 aliphatic carbocycles. The summed E-state index contributed by atoms with van der Waals surface area (Å²) in [4.78, 5) is 17.8. The average Bonchev–Trinajstić information content (AvgIpc) is 3.19. The number of carbonyl (C=O) groups excluding carboxylic acids is 1. The Bertz CT molecular complexity index is 988. The maximum Gasteiger partial charge on any atom is 0.319 e. The Balaban J connectivity index is 1.48. The largest absolute Gasteiger partial charge is 0.444 e. The van der Waals surface area contributed by atoms with Gasteiger partial charge in [-0.05, 0) is 61.4 Å². The van der Waals surface area contributed by atoms with Crippen molar-refractivity contribution in [1.82, 2.24) is 10.3 Å². The molecule has 3 rings (SSSR count). The van der Waals surface area contributed by atoms with Crippen LogP contribution in [0.3, 0.4) is 0 Å². The first kappa shape index (κ1) is 21.9. The van der Waals surface area contributed by atoms with Crippen molar-refractivity contribution in [3.05, 3.63) is 65.8 Å². The smallest absolute Gasteiger partial charge is 0.319 e. The van der Waals surface area contributed by atoms with Crippen LogP contribution in [0.25, 0.3) is 11.5 Å². The van der Waals surface area contributed by atoms with Crippen molar-refractivity contribution in [2.45, 2.75) is 43.8 Å². The predicted molar refractivity (Wildman–Crippen MR) is 119 cm³/mol. The van der Waals surface area contributed by atoms with Crippen LogP contribution in [0.15, 0.2) is 58.0 Å². The monoisotopic (exact) mass is 427 g/mol. The predicted octanol–water partition coefficient (Wildman–Crippen LogP) is 6.04. The zero-order valence-electron chi connectivity index (χ0n) is 17.4. The lowest BCUT2D eigenvalue weighted by atomic mass is 10.2. The molecule has 30 heavy (non-hydrogen) atoms. The molecule has 2 amide bonds. The number of hydrogen-bond donors (Lipinski definition) is 2. The third kappa shape index (κ3) is 6.10. The summed E-state index contributed by atoms with van der Waals surface area (Å²) in [6, 6.07) is 11.8. The topological polar surface area (TPSA) is 67.2 Å². The molecule has 0 bridgehead atoms. The van der Waals surface area contributed by atoms with Crippen LogP contribution in [0.2, 0.25) is 0 Å². The second-order valence-corrected chi connectivity index (χ2v) is 8.61. The quantitative estimate of drug-likeness (QED) is 0.430. The van der Waals surface area contributed by atoms with Crippen LogP contribution in [-0.4, -0.2) is 22.8 Å². The number of amides is 2. The van der Waals surface area contributed by atoms with Crippen LogP contribution in [0.1, 0.15) is 31.5 Å². The lowest BCUT2D eigenvalue weighted by Gasteiger charge is -2.13. The lowest BCUT2D eigenvalue weighted by Crippen LogP contribution is -2.30. The standard InChI is InChI=1S/C23H26FN3O2S/c1-4-16(3)30-20-9-10-21(15(2)13-20)27-23(28)25-12-11-19-14-29-22(26-19)17-5-7-18(24)8-6-17/h5-10,13-14,16H,4,11-12H2,1-3H3,(H2,25,27,28). The molecule has 158 valence electrons. The summed E-state index contributed by atoms with van der Waals surface area (Å²) in [5, 5.41) is 6.28. The Labute approximate surface area is 180 Å². The van der Waals surface area contributed by atoms with Crippen molar-refractivity contribution in [3.8, 4) is 11.5 Å². The van der Waals surface area contributed by atoms with E-state index in [4.69, 9.17) is 4.42 Å². The highest BCUT2D eigenvalue weighted by Crippen LogP contribution is 2.28. The molecule has 0 aliphatic heterocycles. The average molecular weight is 428 g/mol. The van der Waals surface area contributed by atoms with Crippen LogP contribution < -0.4 is 10.6 Å². The zero-order valence-corrected chi connectivity index (χ0v) is 18.2. The highest BCUT2D eigenvalue weighted by Gasteiger charge is 2.09. The maximum absolute atomic E-state index is 13.0. The highest BCUT2D eigenvalue weighted by atomic mass is 32.2. The first-order valence-corrected chi connectivity index (χ1v) is 10.8. The number of carbonyl (C=O) groups is 1. The molecule has 1 heterocycles. The number of urea groups is 1. The number of anilines is 1. The number of hydrogen-bond acceptors (Lipinski definition) is 4. The summed E-state index contributed by atoms with van der Waals surface area (Å²) >= 11 is 1.84. The minimum Gasteiger partial charge on any atom is -0.444 e. The summed E-state index contributed by atoms with van der Waals surface area (Å²) in [5.41, 5.74) is 3.25. The Morgan fingerprint density at radius 3 is 2.70 bits per heavy atom. The van der Waals surface area contributed by atoms with Crippen LogP contribution >= 0.6 is 11.8 Å². The molecule has 3 aromatic rings. The Hall–Kier alpha value is -2.80. The molecule has 7 heteroatoms. The number of aryl methyl sites for hydroxylation is 1.